The van der Waals surface area contributed by atoms with Crippen molar-refractivity contribution in [3.05, 3.63) is 0 Å². The molecule has 88 valence electrons. The number of hydrogen-bond acceptors (Lipinski definition) is 3. The number of nitrogens with one attached hydrogen (secondary N) is 1. The van der Waals surface area contributed by atoms with Gasteiger partial charge < -0.3 is 5.32 Å². The van der Waals surface area contributed by atoms with Crippen LogP contribution < -0.4 is 5.32 Å². The first-order valence-electron chi connectivity index (χ1n) is 6.19. The summed E-state index contributed by atoms with van der Waals surface area (Å²) in [6.45, 7) is 2.15. The van der Waals surface area contributed by atoms with Gasteiger partial charge in [-0.1, -0.05) is 12.8 Å². The van der Waals surface area contributed by atoms with Gasteiger partial charge in [0.2, 0.25) is 0 Å². The second-order valence-corrected chi connectivity index (χ2v) is 5.10. The average molecular weight is 228 g/mol. The van der Waals surface area contributed by atoms with Crippen LogP contribution >= 0.6 is 11.8 Å². The summed E-state index contributed by atoms with van der Waals surface area (Å²) in [4.78, 5) is 4.56. The third-order valence-corrected chi connectivity index (χ3v) is 3.43. The lowest BCUT2D eigenvalue weighted by Gasteiger charge is -2.07. The van der Waals surface area contributed by atoms with Crippen molar-refractivity contribution in [3.63, 3.8) is 0 Å². The highest BCUT2D eigenvalue weighted by molar-refractivity contribution is 7.98. The van der Waals surface area contributed by atoms with Crippen LogP contribution in [0.1, 0.15) is 44.9 Å². The second-order valence-electron chi connectivity index (χ2n) is 4.12. The Hall–Kier alpha value is -0.180. The Balaban J connectivity index is 1.96. The Morgan fingerprint density at radius 1 is 1.20 bits per heavy atom. The number of thioether (sulfide) groups is 1. The maximum atomic E-state index is 4.56. The van der Waals surface area contributed by atoms with E-state index in [0.717, 1.165) is 13.1 Å². The smallest absolute Gasteiger partial charge is 0.0963 e. The molecule has 1 aliphatic heterocycles. The molecule has 0 spiro atoms. The molecular formula is C12H24N2S. The number of unbranched alkanes of at least 4 members (excludes halogenated alkanes) is 2. The van der Waals surface area contributed by atoms with Crippen molar-refractivity contribution in [3.8, 4) is 0 Å². The zero-order valence-corrected chi connectivity index (χ0v) is 10.7. The Morgan fingerprint density at radius 2 is 2.13 bits per heavy atom. The van der Waals surface area contributed by atoms with Crippen LogP contribution in [0.2, 0.25) is 0 Å². The summed E-state index contributed by atoms with van der Waals surface area (Å²) in [7, 11) is 0. The van der Waals surface area contributed by atoms with E-state index in [0.29, 0.717) is 0 Å². The molecule has 0 aliphatic carbocycles. The number of nitrogens with zero attached hydrogens (tertiary/aromatic N) is 1. The molecule has 0 aromatic heterocycles. The van der Waals surface area contributed by atoms with Gasteiger partial charge in [0.05, 0.1) is 5.84 Å². The van der Waals surface area contributed by atoms with E-state index in [2.05, 4.69) is 16.6 Å². The van der Waals surface area contributed by atoms with Crippen LogP contribution in [0, 0.1) is 0 Å². The van der Waals surface area contributed by atoms with Crippen molar-refractivity contribution in [1.82, 2.24) is 5.32 Å². The lowest BCUT2D eigenvalue weighted by Crippen LogP contribution is -2.24. The predicted octanol–water partition coefficient (Wildman–Crippen LogP) is 3.08. The Kier molecular flexibility index (Phi) is 7.80. The second kappa shape index (κ2) is 9.08. The number of aliphatic imine (C=N–C) groups is 1. The molecule has 0 saturated heterocycles. The van der Waals surface area contributed by atoms with E-state index < -0.39 is 0 Å². The van der Waals surface area contributed by atoms with E-state index >= 15 is 0 Å². The van der Waals surface area contributed by atoms with E-state index in [1.54, 1.807) is 0 Å². The molecule has 2 nitrogen and oxygen atoms in total. The first-order valence-corrected chi connectivity index (χ1v) is 7.59. The maximum Gasteiger partial charge on any atom is 0.0963 e. The normalized spacial score (nSPS) is 17.0. The standard InChI is InChI=1S/C12H24N2S/c1-15-11-7-3-6-10-14-12-8-4-2-5-9-13-12/h2-11H2,1H3,(H,13,14). The lowest BCUT2D eigenvalue weighted by molar-refractivity contribution is 0.690. The van der Waals surface area contributed by atoms with Crippen LogP contribution in [0.15, 0.2) is 4.99 Å². The highest BCUT2D eigenvalue weighted by Crippen LogP contribution is 2.06. The molecule has 0 aromatic carbocycles. The highest BCUT2D eigenvalue weighted by Gasteiger charge is 2.02. The fraction of sp³-hybridized carbons (Fsp3) is 0.917. The predicted molar refractivity (Wildman–Crippen MR) is 71.0 cm³/mol. The maximum absolute atomic E-state index is 4.56. The van der Waals surface area contributed by atoms with Crippen molar-refractivity contribution in [2.45, 2.75) is 44.9 Å². The molecule has 0 bridgehead atoms. The monoisotopic (exact) mass is 228 g/mol. The minimum absolute atomic E-state index is 1.04. The van der Waals surface area contributed by atoms with Gasteiger partial charge in [-0.05, 0) is 37.7 Å². The van der Waals surface area contributed by atoms with Crippen LogP contribution in [-0.2, 0) is 0 Å². The molecule has 1 rings (SSSR count). The highest BCUT2D eigenvalue weighted by atomic mass is 32.2. The molecule has 0 radical (unpaired) electrons. The van der Waals surface area contributed by atoms with Crippen molar-refractivity contribution < 1.29 is 0 Å². The SMILES string of the molecule is CSCCCCCNC1=NCCCCC1. The van der Waals surface area contributed by atoms with Crippen molar-refractivity contribution in [2.24, 2.45) is 4.99 Å². The van der Waals surface area contributed by atoms with Crippen LogP contribution in [0.4, 0.5) is 0 Å². The van der Waals surface area contributed by atoms with Crippen molar-refractivity contribution in [2.75, 3.05) is 25.1 Å². The van der Waals surface area contributed by atoms with Crippen LogP contribution in [0.5, 0.6) is 0 Å². The zero-order chi connectivity index (χ0) is 10.8. The Bertz CT molecular complexity index is 180. The summed E-state index contributed by atoms with van der Waals surface area (Å²) in [5.74, 6) is 2.57. The van der Waals surface area contributed by atoms with Crippen LogP contribution in [-0.4, -0.2) is 30.9 Å². The molecule has 0 amide bonds. The van der Waals surface area contributed by atoms with Gasteiger partial charge in [-0.3, -0.25) is 4.99 Å². The summed E-state index contributed by atoms with van der Waals surface area (Å²) in [5.41, 5.74) is 0. The molecule has 0 unspecified atom stereocenters. The largest absolute Gasteiger partial charge is 0.374 e. The topological polar surface area (TPSA) is 24.4 Å². The van der Waals surface area contributed by atoms with Gasteiger partial charge in [0.15, 0.2) is 0 Å². The summed E-state index contributed by atoms with van der Waals surface area (Å²) >= 11 is 1.95. The van der Waals surface area contributed by atoms with Gasteiger partial charge in [-0.15, -0.1) is 0 Å². The van der Waals surface area contributed by atoms with E-state index in [1.807, 2.05) is 11.8 Å². The lowest BCUT2D eigenvalue weighted by atomic mass is 10.2. The Labute approximate surface area is 98.3 Å². The van der Waals surface area contributed by atoms with E-state index in [4.69, 9.17) is 0 Å². The Morgan fingerprint density at radius 3 is 3.00 bits per heavy atom. The molecule has 3 heteroatoms. The minimum Gasteiger partial charge on any atom is -0.374 e. The molecule has 1 aliphatic rings. The fourth-order valence-corrected chi connectivity index (χ4v) is 2.29. The molecule has 0 atom stereocenters. The first kappa shape index (κ1) is 12.9. The summed E-state index contributed by atoms with van der Waals surface area (Å²) in [6.07, 6.45) is 11.3. The van der Waals surface area contributed by atoms with Gasteiger partial charge in [-0.25, -0.2) is 0 Å². The third-order valence-electron chi connectivity index (χ3n) is 2.73. The van der Waals surface area contributed by atoms with Gasteiger partial charge in [0.25, 0.3) is 0 Å². The van der Waals surface area contributed by atoms with Crippen LogP contribution in [0.3, 0.4) is 0 Å². The number of hydrogen-bond donors (Lipinski definition) is 1. The summed E-state index contributed by atoms with van der Waals surface area (Å²) in [5, 5.41) is 3.48. The fourth-order valence-electron chi connectivity index (χ4n) is 1.80. The van der Waals surface area contributed by atoms with Crippen molar-refractivity contribution >= 4 is 17.6 Å². The molecule has 1 N–H and O–H groups in total. The van der Waals surface area contributed by atoms with E-state index in [-0.39, 0.29) is 0 Å². The average Bonchev–Trinajstić information content (AvgIpc) is 2.52. The van der Waals surface area contributed by atoms with Crippen molar-refractivity contribution in [1.29, 1.82) is 0 Å². The molecule has 0 saturated carbocycles. The quantitative estimate of drug-likeness (QED) is 0.707. The minimum atomic E-state index is 1.04. The van der Waals surface area contributed by atoms with E-state index in [1.165, 1.54) is 56.5 Å². The molecule has 0 aromatic rings. The molecular weight excluding hydrogens is 204 g/mol. The summed E-state index contributed by atoms with van der Waals surface area (Å²) in [6, 6.07) is 0. The van der Waals surface area contributed by atoms with Gasteiger partial charge in [0, 0.05) is 19.5 Å². The van der Waals surface area contributed by atoms with Gasteiger partial charge >= 0.3 is 0 Å². The van der Waals surface area contributed by atoms with E-state index in [9.17, 15) is 0 Å². The molecule has 0 fully saturated rings. The van der Waals surface area contributed by atoms with Gasteiger partial charge in [-0.2, -0.15) is 11.8 Å². The zero-order valence-electron chi connectivity index (χ0n) is 9.93. The number of rotatable bonds is 6. The van der Waals surface area contributed by atoms with Crippen LogP contribution in [0.25, 0.3) is 0 Å². The molecule has 15 heavy (non-hydrogen) atoms. The number of amidine groups is 1. The van der Waals surface area contributed by atoms with Gasteiger partial charge in [0.1, 0.15) is 0 Å². The first-order chi connectivity index (χ1) is 7.43. The summed E-state index contributed by atoms with van der Waals surface area (Å²) < 4.78 is 0. The molecule has 1 heterocycles. The third kappa shape index (κ3) is 6.82.